The van der Waals surface area contributed by atoms with E-state index in [0.29, 0.717) is 27.4 Å². The van der Waals surface area contributed by atoms with Gasteiger partial charge in [-0.15, -0.1) is 0 Å². The van der Waals surface area contributed by atoms with Gasteiger partial charge in [-0.2, -0.15) is 0 Å². The Labute approximate surface area is 183 Å². The van der Waals surface area contributed by atoms with Gasteiger partial charge in [-0.05, 0) is 67.4 Å². The molecule has 1 aromatic heterocycles. The molecule has 5 nitrogen and oxygen atoms in total. The van der Waals surface area contributed by atoms with Gasteiger partial charge in [0.2, 0.25) is 5.89 Å². The zero-order chi connectivity index (χ0) is 21.3. The first kappa shape index (κ1) is 20.3. The molecule has 0 radical (unpaired) electrons. The smallest absolute Gasteiger partial charge is 0.262 e. The monoisotopic (exact) mass is 440 g/mol. The third-order valence-electron chi connectivity index (χ3n) is 4.47. The summed E-state index contributed by atoms with van der Waals surface area (Å²) in [6.07, 6.45) is 0. The quantitative estimate of drug-likeness (QED) is 0.387. The molecule has 0 aliphatic carbocycles. The maximum atomic E-state index is 12.3. The van der Waals surface area contributed by atoms with Crippen LogP contribution in [0.2, 0.25) is 10.0 Å². The molecule has 7 heteroatoms. The largest absolute Gasteiger partial charge is 0.482 e. The van der Waals surface area contributed by atoms with Crippen LogP contribution in [-0.2, 0) is 4.79 Å². The lowest BCUT2D eigenvalue weighted by atomic mass is 10.1. The Morgan fingerprint density at radius 2 is 1.93 bits per heavy atom. The minimum atomic E-state index is -0.317. The summed E-state index contributed by atoms with van der Waals surface area (Å²) in [7, 11) is 0. The second-order valence-electron chi connectivity index (χ2n) is 6.94. The summed E-state index contributed by atoms with van der Waals surface area (Å²) in [4.78, 5) is 16.9. The van der Waals surface area contributed by atoms with Gasteiger partial charge in [0, 0.05) is 16.3 Å². The van der Waals surface area contributed by atoms with E-state index >= 15 is 0 Å². The lowest BCUT2D eigenvalue weighted by molar-refractivity contribution is -0.118. The maximum Gasteiger partial charge on any atom is 0.262 e. The first-order valence-corrected chi connectivity index (χ1v) is 10.0. The number of anilines is 1. The van der Waals surface area contributed by atoms with E-state index < -0.39 is 0 Å². The summed E-state index contributed by atoms with van der Waals surface area (Å²) < 4.78 is 11.4. The molecule has 3 aromatic carbocycles. The van der Waals surface area contributed by atoms with E-state index in [0.717, 1.165) is 27.8 Å². The fourth-order valence-electron chi connectivity index (χ4n) is 3.16. The van der Waals surface area contributed by atoms with Crippen molar-refractivity contribution in [2.24, 2.45) is 0 Å². The van der Waals surface area contributed by atoms with Crippen LogP contribution in [0.1, 0.15) is 11.1 Å². The summed E-state index contributed by atoms with van der Waals surface area (Å²) >= 11 is 11.9. The number of hydrogen-bond acceptors (Lipinski definition) is 4. The Balaban J connectivity index is 1.48. The van der Waals surface area contributed by atoms with Crippen LogP contribution in [0.4, 0.5) is 5.69 Å². The number of nitrogens with one attached hydrogen (secondary N) is 1. The zero-order valence-corrected chi connectivity index (χ0v) is 17.8. The van der Waals surface area contributed by atoms with Gasteiger partial charge >= 0.3 is 0 Å². The first-order chi connectivity index (χ1) is 14.4. The number of aryl methyl sites for hydroxylation is 2. The van der Waals surface area contributed by atoms with E-state index in [1.807, 2.05) is 32.0 Å². The van der Waals surface area contributed by atoms with Crippen molar-refractivity contribution in [1.29, 1.82) is 0 Å². The highest BCUT2D eigenvalue weighted by Crippen LogP contribution is 2.29. The Morgan fingerprint density at radius 1 is 1.10 bits per heavy atom. The molecule has 0 spiro atoms. The highest BCUT2D eigenvalue weighted by atomic mass is 35.5. The van der Waals surface area contributed by atoms with Crippen molar-refractivity contribution in [3.05, 3.63) is 75.8 Å². The van der Waals surface area contributed by atoms with Crippen molar-refractivity contribution in [1.82, 2.24) is 4.98 Å². The van der Waals surface area contributed by atoms with E-state index in [-0.39, 0.29) is 12.5 Å². The van der Waals surface area contributed by atoms with E-state index in [1.165, 1.54) is 0 Å². The summed E-state index contributed by atoms with van der Waals surface area (Å²) in [5.41, 5.74) is 5.11. The molecule has 0 bridgehead atoms. The molecule has 0 saturated carbocycles. The fraction of sp³-hybridized carbons (Fsp3) is 0.130. The highest BCUT2D eigenvalue weighted by Gasteiger charge is 2.12. The van der Waals surface area contributed by atoms with Crippen LogP contribution in [0.3, 0.4) is 0 Å². The number of amides is 1. The number of carbonyl (C=O) groups excluding carboxylic acids is 1. The minimum absolute atomic E-state index is 0.188. The molecule has 0 unspecified atom stereocenters. The van der Waals surface area contributed by atoms with Gasteiger partial charge in [0.15, 0.2) is 12.2 Å². The van der Waals surface area contributed by atoms with Crippen LogP contribution in [0.15, 0.2) is 59.0 Å². The molecule has 0 saturated heterocycles. The van der Waals surface area contributed by atoms with Crippen LogP contribution in [0, 0.1) is 13.8 Å². The molecule has 1 heterocycles. The van der Waals surface area contributed by atoms with Crippen molar-refractivity contribution in [2.75, 3.05) is 11.9 Å². The number of fused-ring (bicyclic) bond motifs is 1. The summed E-state index contributed by atoms with van der Waals surface area (Å²) in [5, 5.41) is 3.65. The minimum Gasteiger partial charge on any atom is -0.482 e. The molecule has 30 heavy (non-hydrogen) atoms. The Kier molecular flexibility index (Phi) is 5.66. The summed E-state index contributed by atoms with van der Waals surface area (Å²) in [6.45, 7) is 3.83. The third kappa shape index (κ3) is 4.42. The van der Waals surface area contributed by atoms with Gasteiger partial charge in [-0.25, -0.2) is 4.98 Å². The number of halogens is 2. The van der Waals surface area contributed by atoms with Gasteiger partial charge in [0.1, 0.15) is 11.3 Å². The topological polar surface area (TPSA) is 64.4 Å². The molecule has 0 fully saturated rings. The number of ether oxygens (including phenoxy) is 1. The van der Waals surface area contributed by atoms with Gasteiger partial charge in [0.25, 0.3) is 5.91 Å². The van der Waals surface area contributed by atoms with Crippen molar-refractivity contribution >= 4 is 45.9 Å². The molecule has 1 amide bonds. The molecule has 4 rings (SSSR count). The molecular weight excluding hydrogens is 423 g/mol. The van der Waals surface area contributed by atoms with Gasteiger partial charge < -0.3 is 14.5 Å². The lowest BCUT2D eigenvalue weighted by Crippen LogP contribution is -2.20. The molecule has 1 N–H and O–H groups in total. The van der Waals surface area contributed by atoms with Crippen molar-refractivity contribution < 1.29 is 13.9 Å². The van der Waals surface area contributed by atoms with Crippen molar-refractivity contribution in [3.8, 4) is 17.2 Å². The van der Waals surface area contributed by atoms with Crippen LogP contribution < -0.4 is 10.1 Å². The maximum absolute atomic E-state index is 12.3. The third-order valence-corrected chi connectivity index (χ3v) is 5.00. The van der Waals surface area contributed by atoms with E-state index in [9.17, 15) is 4.79 Å². The predicted molar refractivity (Wildman–Crippen MR) is 120 cm³/mol. The number of aromatic nitrogens is 1. The van der Waals surface area contributed by atoms with E-state index in [4.69, 9.17) is 32.4 Å². The summed E-state index contributed by atoms with van der Waals surface area (Å²) in [6, 6.07) is 16.2. The SMILES string of the molecule is Cc1cc(C)c2oc(-c3cccc(NC(=O)COc4ccc(Cl)cc4Cl)c3)nc2c1. The highest BCUT2D eigenvalue weighted by molar-refractivity contribution is 6.35. The Morgan fingerprint density at radius 3 is 2.73 bits per heavy atom. The molecule has 0 aliphatic rings. The number of nitrogens with zero attached hydrogens (tertiary/aromatic N) is 1. The first-order valence-electron chi connectivity index (χ1n) is 9.25. The number of oxazole rings is 1. The lowest BCUT2D eigenvalue weighted by Gasteiger charge is -2.09. The second-order valence-corrected chi connectivity index (χ2v) is 7.79. The Hall–Kier alpha value is -3.02. The molecule has 4 aromatic rings. The van der Waals surface area contributed by atoms with Crippen LogP contribution in [-0.4, -0.2) is 17.5 Å². The standard InChI is InChI=1S/C23H18Cl2N2O3/c1-13-8-14(2)22-19(9-13)27-23(30-22)15-4-3-5-17(10-15)26-21(28)12-29-20-7-6-16(24)11-18(20)25/h3-11H,12H2,1-2H3,(H,26,28). The van der Waals surface area contributed by atoms with Crippen LogP contribution >= 0.6 is 23.2 Å². The average Bonchev–Trinajstić information content (AvgIpc) is 3.12. The average molecular weight is 441 g/mol. The predicted octanol–water partition coefficient (Wildman–Crippen LogP) is 6.44. The zero-order valence-electron chi connectivity index (χ0n) is 16.3. The molecule has 0 atom stereocenters. The van der Waals surface area contributed by atoms with Crippen molar-refractivity contribution in [3.63, 3.8) is 0 Å². The molecular formula is C23H18Cl2N2O3. The van der Waals surface area contributed by atoms with Crippen LogP contribution in [0.5, 0.6) is 5.75 Å². The second kappa shape index (κ2) is 8.38. The summed E-state index contributed by atoms with van der Waals surface area (Å²) in [5.74, 6) is 0.573. The Bertz CT molecular complexity index is 1250. The van der Waals surface area contributed by atoms with Gasteiger partial charge in [0.05, 0.1) is 5.02 Å². The van der Waals surface area contributed by atoms with Gasteiger partial charge in [-0.3, -0.25) is 4.79 Å². The van der Waals surface area contributed by atoms with E-state index in [1.54, 1.807) is 30.3 Å². The number of benzene rings is 3. The number of carbonyl (C=O) groups is 1. The normalized spacial score (nSPS) is 10.9. The molecule has 152 valence electrons. The van der Waals surface area contributed by atoms with Gasteiger partial charge in [-0.1, -0.05) is 35.3 Å². The van der Waals surface area contributed by atoms with E-state index in [2.05, 4.69) is 16.4 Å². The number of rotatable bonds is 5. The number of hydrogen-bond donors (Lipinski definition) is 1. The molecule has 0 aliphatic heterocycles. The van der Waals surface area contributed by atoms with Crippen LogP contribution in [0.25, 0.3) is 22.6 Å². The fourth-order valence-corrected chi connectivity index (χ4v) is 3.63. The van der Waals surface area contributed by atoms with Crippen molar-refractivity contribution in [2.45, 2.75) is 13.8 Å².